The molecule has 0 atom stereocenters. The molecule has 0 unspecified atom stereocenters. The fraction of sp³-hybridized carbons (Fsp3) is 0.600. The topological polar surface area (TPSA) is 166 Å². The zero-order chi connectivity index (χ0) is 23.4. The Morgan fingerprint density at radius 1 is 0.719 bits per heavy atom. The summed E-state index contributed by atoms with van der Waals surface area (Å²) in [6, 6.07) is 0. The summed E-state index contributed by atoms with van der Waals surface area (Å²) in [6.45, 7) is -1.14. The van der Waals surface area contributed by atoms with E-state index in [-0.39, 0.29) is 92.6 Å². The second kappa shape index (κ2) is 13.4. The van der Waals surface area contributed by atoms with Gasteiger partial charge < -0.3 is 30.4 Å². The molecule has 2 aromatic rings. The summed E-state index contributed by atoms with van der Waals surface area (Å²) in [6.07, 6.45) is -9.47. The van der Waals surface area contributed by atoms with Crippen LogP contribution in [0, 0.1) is 13.8 Å². The zero-order valence-corrected chi connectivity index (χ0v) is 23.4. The largest absolute Gasteiger partial charge is 1.00 e. The van der Waals surface area contributed by atoms with Gasteiger partial charge in [-0.15, -0.1) is 0 Å². The van der Waals surface area contributed by atoms with Crippen LogP contribution in [-0.4, -0.2) is 62.8 Å². The first-order valence-corrected chi connectivity index (χ1v) is 9.83. The second-order valence-corrected chi connectivity index (χ2v) is 7.96. The Kier molecular flexibility index (Phi) is 14.5. The van der Waals surface area contributed by atoms with Crippen molar-refractivity contribution in [2.75, 3.05) is 13.2 Å². The number of halogens is 6. The van der Waals surface area contributed by atoms with Crippen LogP contribution < -0.4 is 90.9 Å². The third-order valence-corrected chi connectivity index (χ3v) is 4.37. The monoisotopic (exact) mass is 550 g/mol. The third kappa shape index (κ3) is 13.3. The smallest absolute Gasteiger partial charge is 0.353 e. The number of nitrogens with zero attached hydrogens (tertiary/aromatic N) is 6. The Bertz CT molecular complexity index is 973. The van der Waals surface area contributed by atoms with Gasteiger partial charge in [0.15, 0.2) is 13.2 Å². The predicted octanol–water partition coefficient (Wildman–Crippen LogP) is -5.97. The molecule has 0 bridgehead atoms. The SMILES string of the molecule is Cc1nnc(S(=O)(=O)OCC(F)(F)F)[n-]1.Cc1nnc(S(=O)(=O)OCC(F)(F)F)[n-]1.[K+].[Na+]. The molecule has 0 aliphatic carbocycles. The number of rotatable bonds is 6. The van der Waals surface area contributed by atoms with Gasteiger partial charge >= 0.3 is 114 Å². The molecule has 12 nitrogen and oxygen atoms in total. The van der Waals surface area contributed by atoms with E-state index in [4.69, 9.17) is 0 Å². The molecule has 0 aliphatic heterocycles. The van der Waals surface area contributed by atoms with Crippen molar-refractivity contribution >= 4 is 20.2 Å². The van der Waals surface area contributed by atoms with Crippen LogP contribution in [0.15, 0.2) is 10.3 Å². The summed E-state index contributed by atoms with van der Waals surface area (Å²) in [4.78, 5) is 6.56. The van der Waals surface area contributed by atoms with Crippen LogP contribution in [0.4, 0.5) is 26.3 Å². The Hall–Kier alpha value is 0.316. The van der Waals surface area contributed by atoms with Gasteiger partial charge in [0.25, 0.3) is 0 Å². The van der Waals surface area contributed by atoms with Crippen LogP contribution in [0.2, 0.25) is 0 Å². The van der Waals surface area contributed by atoms with Gasteiger partial charge in [0.2, 0.25) is 0 Å². The Balaban J connectivity index is 0. The zero-order valence-electron chi connectivity index (χ0n) is 16.6. The molecule has 0 N–H and O–H groups in total. The maximum absolute atomic E-state index is 11.7. The Morgan fingerprint density at radius 2 is 1.00 bits per heavy atom. The van der Waals surface area contributed by atoms with Crippen LogP contribution in [0.1, 0.15) is 11.6 Å². The molecule has 0 saturated carbocycles. The number of hydrogen-bond acceptors (Lipinski definition) is 10. The van der Waals surface area contributed by atoms with Gasteiger partial charge in [-0.05, 0) is 25.5 Å². The first-order chi connectivity index (χ1) is 13.4. The van der Waals surface area contributed by atoms with Crippen molar-refractivity contribution in [2.45, 2.75) is 36.5 Å². The summed E-state index contributed by atoms with van der Waals surface area (Å²) in [7, 11) is -9.15. The van der Waals surface area contributed by atoms with E-state index in [2.05, 4.69) is 38.7 Å². The molecule has 32 heavy (non-hydrogen) atoms. The van der Waals surface area contributed by atoms with Gasteiger partial charge in [-0.1, -0.05) is 0 Å². The van der Waals surface area contributed by atoms with Gasteiger partial charge in [-0.3, -0.25) is 8.37 Å². The van der Waals surface area contributed by atoms with Crippen LogP contribution >= 0.6 is 0 Å². The number of hydrogen-bond donors (Lipinski definition) is 0. The van der Waals surface area contributed by atoms with E-state index < -0.39 is 56.1 Å². The van der Waals surface area contributed by atoms with Crippen LogP contribution in [0.5, 0.6) is 0 Å². The molecule has 0 amide bonds. The summed E-state index contributed by atoms with van der Waals surface area (Å²) < 4.78 is 121. The van der Waals surface area contributed by atoms with Crippen molar-refractivity contribution in [3.63, 3.8) is 0 Å². The molecule has 0 fully saturated rings. The van der Waals surface area contributed by atoms with E-state index in [0.717, 1.165) is 0 Å². The van der Waals surface area contributed by atoms with Gasteiger partial charge in [0.1, 0.15) is 10.3 Å². The second-order valence-electron chi connectivity index (χ2n) is 4.95. The van der Waals surface area contributed by atoms with Crippen molar-refractivity contribution < 1.29 is 132 Å². The van der Waals surface area contributed by atoms with Gasteiger partial charge in [0, 0.05) is 0 Å². The molecule has 2 aromatic heterocycles. The molecule has 2 rings (SSSR count). The molecule has 0 spiro atoms. The van der Waals surface area contributed by atoms with E-state index in [1.165, 1.54) is 13.8 Å². The maximum Gasteiger partial charge on any atom is 1.00 e. The number of aryl methyl sites for hydroxylation is 2. The third-order valence-electron chi connectivity index (χ3n) is 2.28. The van der Waals surface area contributed by atoms with Crippen LogP contribution in [0.25, 0.3) is 0 Å². The normalized spacial score (nSPS) is 12.2. The Morgan fingerprint density at radius 3 is 1.19 bits per heavy atom. The van der Waals surface area contributed by atoms with Crippen LogP contribution in [0.3, 0.4) is 0 Å². The maximum atomic E-state index is 11.7. The summed E-state index contributed by atoms with van der Waals surface area (Å²) in [5.41, 5.74) is 0. The molecule has 0 radical (unpaired) electrons. The first kappa shape index (κ1) is 34.5. The van der Waals surface area contributed by atoms with E-state index in [1.54, 1.807) is 0 Å². The fourth-order valence-electron chi connectivity index (χ4n) is 1.20. The van der Waals surface area contributed by atoms with E-state index in [1.807, 2.05) is 0 Å². The number of alkyl halides is 6. The van der Waals surface area contributed by atoms with E-state index in [0.29, 0.717) is 0 Å². The number of aromatic nitrogens is 6. The average Bonchev–Trinajstić information content (AvgIpc) is 3.20. The minimum absolute atomic E-state index is 0. The Labute approximate surface area is 241 Å². The molecular weight excluding hydrogens is 540 g/mol. The summed E-state index contributed by atoms with van der Waals surface area (Å²) >= 11 is 0. The molecule has 22 heteroatoms. The predicted molar refractivity (Wildman–Crippen MR) is 78.6 cm³/mol. The van der Waals surface area contributed by atoms with Crippen LogP contribution in [-0.2, 0) is 28.6 Å². The molecule has 0 saturated heterocycles. The summed E-state index contributed by atoms with van der Waals surface area (Å²) in [5.74, 6) is 0.0633. The van der Waals surface area contributed by atoms with E-state index in [9.17, 15) is 43.2 Å². The average molecular weight is 550 g/mol. The molecule has 0 aliphatic rings. The van der Waals surface area contributed by atoms with Crippen molar-refractivity contribution in [3.8, 4) is 0 Å². The van der Waals surface area contributed by atoms with Gasteiger partial charge in [-0.2, -0.15) is 43.2 Å². The van der Waals surface area contributed by atoms with Crippen molar-refractivity contribution in [1.29, 1.82) is 0 Å². The van der Waals surface area contributed by atoms with Crippen molar-refractivity contribution in [3.05, 3.63) is 11.6 Å². The summed E-state index contributed by atoms with van der Waals surface area (Å²) in [5, 5.41) is 10.8. The minimum atomic E-state index is -4.73. The van der Waals surface area contributed by atoms with Crippen molar-refractivity contribution in [1.82, 2.24) is 30.4 Å². The van der Waals surface area contributed by atoms with Gasteiger partial charge in [-0.25, -0.2) is 0 Å². The minimum Gasteiger partial charge on any atom is -0.353 e. The van der Waals surface area contributed by atoms with Gasteiger partial charge in [0.05, 0.1) is 0 Å². The molecule has 0 aromatic carbocycles. The molecular formula is C10H10F6KN6NaO6S2. The van der Waals surface area contributed by atoms with E-state index >= 15 is 0 Å². The molecule has 172 valence electrons. The standard InChI is InChI=1S/2C5H5F3N3O3S.K.Na/c2*1-3-9-4(11-10-3)15(12,13)14-2-5(6,7)8;;/h2*2H2,1H3;;/q2*-1;2*+1. The fourth-order valence-corrected chi connectivity index (χ4v) is 2.76. The molecule has 2 heterocycles. The quantitative estimate of drug-likeness (QED) is 0.190. The first-order valence-electron chi connectivity index (χ1n) is 7.02. The van der Waals surface area contributed by atoms with Crippen molar-refractivity contribution in [2.24, 2.45) is 0 Å².